The number of amides is 1. The van der Waals surface area contributed by atoms with Crippen molar-refractivity contribution in [3.63, 3.8) is 0 Å². The first-order valence-electron chi connectivity index (χ1n) is 12.1. The van der Waals surface area contributed by atoms with E-state index in [0.717, 1.165) is 59.8 Å². The number of amidine groups is 2. The monoisotopic (exact) mass is 475 g/mol. The van der Waals surface area contributed by atoms with Gasteiger partial charge in [-0.1, -0.05) is 45.7 Å². The fourth-order valence-electron chi connectivity index (χ4n) is 4.33. The molecule has 1 amide bonds. The van der Waals surface area contributed by atoms with Gasteiger partial charge in [0, 0.05) is 17.1 Å². The lowest BCUT2D eigenvalue weighted by molar-refractivity contribution is -0.114. The molecule has 0 aliphatic carbocycles. The Morgan fingerprint density at radius 3 is 2.56 bits per heavy atom. The minimum Gasteiger partial charge on any atom is -0.318 e. The van der Waals surface area contributed by atoms with Gasteiger partial charge in [0.05, 0.1) is 5.57 Å². The molecule has 1 N–H and O–H groups in total. The zero-order valence-electron chi connectivity index (χ0n) is 20.7. The van der Waals surface area contributed by atoms with Crippen molar-refractivity contribution in [2.75, 3.05) is 0 Å². The molecule has 0 saturated carbocycles. The summed E-state index contributed by atoms with van der Waals surface area (Å²) in [6.07, 6.45) is 7.09. The summed E-state index contributed by atoms with van der Waals surface area (Å²) in [6, 6.07) is 10.7. The molecular formula is C27H33N5OS. The number of hydrogen-bond donors (Lipinski definition) is 1. The maximum absolute atomic E-state index is 12.8. The van der Waals surface area contributed by atoms with Crippen molar-refractivity contribution in [1.29, 1.82) is 5.41 Å². The van der Waals surface area contributed by atoms with E-state index in [9.17, 15) is 4.79 Å². The number of benzene rings is 1. The van der Waals surface area contributed by atoms with Crippen LogP contribution in [0.25, 0.3) is 11.8 Å². The largest absolute Gasteiger partial charge is 0.318 e. The zero-order chi connectivity index (χ0) is 24.4. The first-order chi connectivity index (χ1) is 16.3. The highest BCUT2D eigenvalue weighted by Crippen LogP contribution is 2.31. The van der Waals surface area contributed by atoms with Gasteiger partial charge in [-0.3, -0.25) is 10.2 Å². The Bertz CT molecular complexity index is 1200. The molecule has 2 aliphatic rings. The Morgan fingerprint density at radius 2 is 1.88 bits per heavy atom. The Kier molecular flexibility index (Phi) is 7.22. The third-order valence-electron chi connectivity index (χ3n) is 6.59. The smallest absolute Gasteiger partial charge is 0.283 e. The molecule has 1 unspecified atom stereocenters. The number of aryl methyl sites for hydroxylation is 1. The summed E-state index contributed by atoms with van der Waals surface area (Å²) in [5.41, 5.74) is 5.71. The minimum atomic E-state index is -0.378. The number of hydrazone groups is 1. The quantitative estimate of drug-likeness (QED) is 0.337. The molecule has 0 saturated heterocycles. The number of unbranched alkanes of at least 4 members (excludes halogenated alkanes) is 2. The number of aliphatic imine (C=N–C) groups is 1. The first kappa shape index (κ1) is 24.2. The van der Waals surface area contributed by atoms with Gasteiger partial charge in [-0.25, -0.2) is 0 Å². The molecule has 2 aromatic rings. The number of rotatable bonds is 8. The van der Waals surface area contributed by atoms with E-state index < -0.39 is 0 Å². The summed E-state index contributed by atoms with van der Waals surface area (Å²) in [7, 11) is 0. The number of nitrogens with one attached hydrogen (secondary N) is 1. The van der Waals surface area contributed by atoms with Gasteiger partial charge in [-0.05, 0) is 86.2 Å². The zero-order valence-corrected chi connectivity index (χ0v) is 21.5. The SMILES string of the molecule is CCCCCC1=NN2C(=N)C(=Cc3cc(C)n(-c4ccc(C(C)CC)cc4)c3C)C(=O)N=C2S1. The van der Waals surface area contributed by atoms with Crippen LogP contribution < -0.4 is 0 Å². The minimum absolute atomic E-state index is 0.0932. The van der Waals surface area contributed by atoms with Crippen LogP contribution in [-0.4, -0.2) is 31.5 Å². The molecule has 1 aromatic carbocycles. The Morgan fingerprint density at radius 1 is 1.15 bits per heavy atom. The van der Waals surface area contributed by atoms with Crippen LogP contribution in [0.1, 0.15) is 81.3 Å². The summed E-state index contributed by atoms with van der Waals surface area (Å²) in [6.45, 7) is 10.7. The van der Waals surface area contributed by atoms with E-state index in [1.165, 1.54) is 22.3 Å². The highest BCUT2D eigenvalue weighted by atomic mass is 32.2. The van der Waals surface area contributed by atoms with Crippen LogP contribution in [0.5, 0.6) is 0 Å². The molecule has 2 aliphatic heterocycles. The Balaban J connectivity index is 1.61. The first-order valence-corrected chi connectivity index (χ1v) is 12.9. The van der Waals surface area contributed by atoms with Gasteiger partial charge in [-0.15, -0.1) is 0 Å². The second kappa shape index (κ2) is 10.1. The van der Waals surface area contributed by atoms with E-state index in [4.69, 9.17) is 5.41 Å². The van der Waals surface area contributed by atoms with Crippen molar-refractivity contribution in [3.8, 4) is 5.69 Å². The van der Waals surface area contributed by atoms with E-state index >= 15 is 0 Å². The van der Waals surface area contributed by atoms with Crippen LogP contribution in [0.3, 0.4) is 0 Å². The normalized spacial score (nSPS) is 17.8. The molecule has 7 heteroatoms. The molecule has 0 radical (unpaired) electrons. The average Bonchev–Trinajstić information content (AvgIpc) is 3.36. The summed E-state index contributed by atoms with van der Waals surface area (Å²) < 4.78 is 2.19. The second-order valence-electron chi connectivity index (χ2n) is 9.03. The molecule has 6 nitrogen and oxygen atoms in total. The summed E-state index contributed by atoms with van der Waals surface area (Å²) >= 11 is 1.41. The van der Waals surface area contributed by atoms with Crippen molar-refractivity contribution in [3.05, 3.63) is 58.4 Å². The van der Waals surface area contributed by atoms with Gasteiger partial charge in [0.25, 0.3) is 5.91 Å². The third kappa shape index (κ3) is 4.67. The lowest BCUT2D eigenvalue weighted by atomic mass is 9.98. The summed E-state index contributed by atoms with van der Waals surface area (Å²) in [5.74, 6) is 0.251. The molecule has 0 bridgehead atoms. The standard InChI is InChI=1S/C27H33N5OS/c1-6-8-9-10-24-30-32-25(28)23(26(33)29-27(32)34-24)16-21-15-18(4)31(19(21)5)22-13-11-20(12-14-22)17(3)7-2/h11-17,28H,6-10H2,1-5H3. The molecule has 4 rings (SSSR count). The van der Waals surface area contributed by atoms with Gasteiger partial charge < -0.3 is 4.57 Å². The summed E-state index contributed by atoms with van der Waals surface area (Å²) in [5, 5.41) is 16.2. The van der Waals surface area contributed by atoms with Crippen LogP contribution in [0.15, 0.2) is 46.0 Å². The van der Waals surface area contributed by atoms with E-state index in [1.54, 1.807) is 6.08 Å². The van der Waals surface area contributed by atoms with Crippen LogP contribution in [0.2, 0.25) is 0 Å². The predicted octanol–water partition coefficient (Wildman–Crippen LogP) is 6.81. The number of thioether (sulfide) groups is 1. The van der Waals surface area contributed by atoms with Crippen LogP contribution in [0.4, 0.5) is 0 Å². The maximum Gasteiger partial charge on any atom is 0.283 e. The number of aromatic nitrogens is 1. The van der Waals surface area contributed by atoms with E-state index in [-0.39, 0.29) is 17.3 Å². The molecular weight excluding hydrogens is 442 g/mol. The van der Waals surface area contributed by atoms with Crippen molar-refractivity contribution in [2.24, 2.45) is 10.1 Å². The van der Waals surface area contributed by atoms with Crippen LogP contribution in [-0.2, 0) is 4.79 Å². The topological polar surface area (TPSA) is 73.8 Å². The van der Waals surface area contributed by atoms with Crippen molar-refractivity contribution in [2.45, 2.75) is 72.6 Å². The number of fused-ring (bicyclic) bond motifs is 1. The number of hydrogen-bond acceptors (Lipinski definition) is 4. The van der Waals surface area contributed by atoms with E-state index in [0.29, 0.717) is 11.1 Å². The van der Waals surface area contributed by atoms with Gasteiger partial charge in [0.15, 0.2) is 5.84 Å². The van der Waals surface area contributed by atoms with E-state index in [2.05, 4.69) is 72.7 Å². The number of carbonyl (C=O) groups is 1. The number of nitrogens with zero attached hydrogens (tertiary/aromatic N) is 4. The second-order valence-corrected chi connectivity index (χ2v) is 10.1. The fourth-order valence-corrected chi connectivity index (χ4v) is 5.26. The Labute approximate surface area is 206 Å². The van der Waals surface area contributed by atoms with Gasteiger partial charge in [0.1, 0.15) is 5.04 Å². The number of carbonyl (C=O) groups excluding carboxylic acids is 1. The molecule has 34 heavy (non-hydrogen) atoms. The highest BCUT2D eigenvalue weighted by Gasteiger charge is 2.35. The third-order valence-corrected chi connectivity index (χ3v) is 7.56. The van der Waals surface area contributed by atoms with E-state index in [1.807, 2.05) is 6.92 Å². The van der Waals surface area contributed by atoms with Crippen molar-refractivity contribution in [1.82, 2.24) is 9.58 Å². The van der Waals surface area contributed by atoms with Gasteiger partial charge in [0.2, 0.25) is 5.17 Å². The van der Waals surface area contributed by atoms with Gasteiger partial charge in [-0.2, -0.15) is 15.1 Å². The molecule has 0 fully saturated rings. The predicted molar refractivity (Wildman–Crippen MR) is 143 cm³/mol. The lowest BCUT2D eigenvalue weighted by Gasteiger charge is -2.20. The average molecular weight is 476 g/mol. The summed E-state index contributed by atoms with van der Waals surface area (Å²) in [4.78, 5) is 17.1. The highest BCUT2D eigenvalue weighted by molar-refractivity contribution is 8.26. The molecule has 178 valence electrons. The van der Waals surface area contributed by atoms with Crippen molar-refractivity contribution < 1.29 is 4.79 Å². The fraction of sp³-hybridized carbons (Fsp3) is 0.407. The van der Waals surface area contributed by atoms with Crippen LogP contribution >= 0.6 is 11.8 Å². The van der Waals surface area contributed by atoms with Crippen molar-refractivity contribution >= 4 is 39.8 Å². The molecule has 1 atom stereocenters. The van der Waals surface area contributed by atoms with Gasteiger partial charge >= 0.3 is 0 Å². The Hall–Kier alpha value is -2.93. The lowest BCUT2D eigenvalue weighted by Crippen LogP contribution is -2.35. The molecule has 0 spiro atoms. The maximum atomic E-state index is 12.8. The van der Waals surface area contributed by atoms with Crippen LogP contribution in [0, 0.1) is 19.3 Å². The molecule has 3 heterocycles. The molecule has 1 aromatic heterocycles.